The molecule has 0 saturated heterocycles. The average molecular weight is 338 g/mol. The Morgan fingerprint density at radius 1 is 1.14 bits per heavy atom. The molecule has 22 heavy (non-hydrogen) atoms. The molecule has 2 N–H and O–H groups in total. The van der Waals surface area contributed by atoms with Crippen LogP contribution in [0.2, 0.25) is 10.0 Å². The molecule has 0 fully saturated rings. The van der Waals surface area contributed by atoms with E-state index in [0.29, 0.717) is 23.2 Å². The number of hydrogen-bond donors (Lipinski definition) is 1. The standard InChI is InChI=1S/C18H21Cl2NO/c1-3-22-14-7-8-15(12(2)9-14)13(11-21)10-16-17(19)5-4-6-18(16)20/h4-9,13H,3,10-11,21H2,1-2H3. The number of rotatable bonds is 6. The predicted molar refractivity (Wildman–Crippen MR) is 94.3 cm³/mol. The smallest absolute Gasteiger partial charge is 0.119 e. The van der Waals surface area contributed by atoms with E-state index >= 15 is 0 Å². The van der Waals surface area contributed by atoms with Crippen LogP contribution in [0.5, 0.6) is 5.75 Å². The molecule has 2 aromatic rings. The number of halogens is 2. The molecule has 0 heterocycles. The Hall–Kier alpha value is -1.22. The Kier molecular flexibility index (Phi) is 6.13. The van der Waals surface area contributed by atoms with Crippen LogP contribution in [0.3, 0.4) is 0 Å². The zero-order valence-corrected chi connectivity index (χ0v) is 14.4. The van der Waals surface area contributed by atoms with Crippen molar-refractivity contribution in [2.75, 3.05) is 13.2 Å². The molecule has 0 bridgehead atoms. The normalized spacial score (nSPS) is 12.2. The van der Waals surface area contributed by atoms with Crippen molar-refractivity contribution in [3.63, 3.8) is 0 Å². The Morgan fingerprint density at radius 3 is 2.36 bits per heavy atom. The Balaban J connectivity index is 2.29. The van der Waals surface area contributed by atoms with Crippen molar-refractivity contribution in [3.8, 4) is 5.75 Å². The number of benzene rings is 2. The molecule has 0 aliphatic carbocycles. The summed E-state index contributed by atoms with van der Waals surface area (Å²) in [6.45, 7) is 5.25. The zero-order valence-electron chi connectivity index (χ0n) is 12.9. The highest BCUT2D eigenvalue weighted by Gasteiger charge is 2.17. The molecule has 0 radical (unpaired) electrons. The van der Waals surface area contributed by atoms with Gasteiger partial charge in [-0.15, -0.1) is 0 Å². The molecular formula is C18H21Cl2NO. The first kappa shape index (κ1) is 17.1. The lowest BCUT2D eigenvalue weighted by Gasteiger charge is -2.20. The van der Waals surface area contributed by atoms with E-state index in [2.05, 4.69) is 19.1 Å². The molecule has 0 spiro atoms. The average Bonchev–Trinajstić information content (AvgIpc) is 2.48. The summed E-state index contributed by atoms with van der Waals surface area (Å²) in [6, 6.07) is 11.7. The zero-order chi connectivity index (χ0) is 16.1. The fourth-order valence-electron chi connectivity index (χ4n) is 2.66. The van der Waals surface area contributed by atoms with Crippen molar-refractivity contribution in [2.24, 2.45) is 5.73 Å². The molecule has 0 aliphatic rings. The van der Waals surface area contributed by atoms with Gasteiger partial charge in [0.05, 0.1) is 6.61 Å². The summed E-state index contributed by atoms with van der Waals surface area (Å²) in [4.78, 5) is 0. The molecule has 2 aromatic carbocycles. The monoisotopic (exact) mass is 337 g/mol. The van der Waals surface area contributed by atoms with E-state index in [-0.39, 0.29) is 5.92 Å². The molecule has 0 amide bonds. The molecule has 0 saturated carbocycles. The van der Waals surface area contributed by atoms with Crippen LogP contribution in [0, 0.1) is 6.92 Å². The minimum Gasteiger partial charge on any atom is -0.494 e. The fourth-order valence-corrected chi connectivity index (χ4v) is 3.21. The van der Waals surface area contributed by atoms with Crippen molar-refractivity contribution in [1.29, 1.82) is 0 Å². The number of nitrogens with two attached hydrogens (primary N) is 1. The summed E-state index contributed by atoms with van der Waals surface area (Å²) < 4.78 is 5.54. The number of aryl methyl sites for hydroxylation is 1. The summed E-state index contributed by atoms with van der Waals surface area (Å²) in [7, 11) is 0. The van der Waals surface area contributed by atoms with Crippen LogP contribution in [0.1, 0.15) is 29.5 Å². The molecule has 4 heteroatoms. The summed E-state index contributed by atoms with van der Waals surface area (Å²) >= 11 is 12.6. The van der Waals surface area contributed by atoms with Gasteiger partial charge in [-0.25, -0.2) is 0 Å². The third kappa shape index (κ3) is 3.95. The van der Waals surface area contributed by atoms with Crippen LogP contribution in [-0.2, 0) is 6.42 Å². The topological polar surface area (TPSA) is 35.2 Å². The van der Waals surface area contributed by atoms with Crippen molar-refractivity contribution in [1.82, 2.24) is 0 Å². The van der Waals surface area contributed by atoms with Crippen LogP contribution >= 0.6 is 23.2 Å². The van der Waals surface area contributed by atoms with Gasteiger partial charge in [-0.2, -0.15) is 0 Å². The van der Waals surface area contributed by atoms with E-state index in [0.717, 1.165) is 17.7 Å². The maximum atomic E-state index is 6.28. The van der Waals surface area contributed by atoms with Gasteiger partial charge in [0.1, 0.15) is 5.75 Å². The van der Waals surface area contributed by atoms with Crippen LogP contribution in [0.25, 0.3) is 0 Å². The highest BCUT2D eigenvalue weighted by atomic mass is 35.5. The highest BCUT2D eigenvalue weighted by Crippen LogP contribution is 2.32. The summed E-state index contributed by atoms with van der Waals surface area (Å²) in [6.07, 6.45) is 0.726. The first-order valence-electron chi connectivity index (χ1n) is 7.43. The first-order valence-corrected chi connectivity index (χ1v) is 8.18. The minimum atomic E-state index is 0.174. The minimum absolute atomic E-state index is 0.174. The lowest BCUT2D eigenvalue weighted by molar-refractivity contribution is 0.340. The first-order chi connectivity index (χ1) is 10.6. The van der Waals surface area contributed by atoms with Crippen LogP contribution in [0.15, 0.2) is 36.4 Å². The van der Waals surface area contributed by atoms with Crippen molar-refractivity contribution >= 4 is 23.2 Å². The third-order valence-corrected chi connectivity index (χ3v) is 4.50. The second kappa shape index (κ2) is 7.87. The third-order valence-electron chi connectivity index (χ3n) is 3.79. The van der Waals surface area contributed by atoms with E-state index in [4.69, 9.17) is 33.7 Å². The van der Waals surface area contributed by atoms with Crippen LogP contribution in [0.4, 0.5) is 0 Å². The molecule has 1 unspecified atom stereocenters. The molecule has 1 atom stereocenters. The molecule has 0 aliphatic heterocycles. The summed E-state index contributed by atoms with van der Waals surface area (Å²) in [5.74, 6) is 1.06. The van der Waals surface area contributed by atoms with Crippen molar-refractivity contribution in [3.05, 3.63) is 63.1 Å². The van der Waals surface area contributed by atoms with Gasteiger partial charge in [-0.1, -0.05) is 35.3 Å². The second-order valence-electron chi connectivity index (χ2n) is 5.29. The molecule has 2 rings (SSSR count). The van der Waals surface area contributed by atoms with E-state index in [1.165, 1.54) is 11.1 Å². The summed E-state index contributed by atoms with van der Waals surface area (Å²) in [5.41, 5.74) is 9.34. The van der Waals surface area contributed by atoms with Gasteiger partial charge in [0.15, 0.2) is 0 Å². The largest absolute Gasteiger partial charge is 0.494 e. The van der Waals surface area contributed by atoms with Gasteiger partial charge < -0.3 is 10.5 Å². The van der Waals surface area contributed by atoms with E-state index in [1.807, 2.05) is 31.2 Å². The van der Waals surface area contributed by atoms with Crippen LogP contribution < -0.4 is 10.5 Å². The Labute approximate surface area is 142 Å². The lowest BCUT2D eigenvalue weighted by Crippen LogP contribution is -2.16. The Bertz CT molecular complexity index is 623. The van der Waals surface area contributed by atoms with Crippen molar-refractivity contribution in [2.45, 2.75) is 26.2 Å². The van der Waals surface area contributed by atoms with Crippen LogP contribution in [-0.4, -0.2) is 13.2 Å². The SMILES string of the molecule is CCOc1ccc(C(CN)Cc2c(Cl)cccc2Cl)c(C)c1. The molecule has 0 aromatic heterocycles. The Morgan fingerprint density at radius 2 is 1.82 bits per heavy atom. The highest BCUT2D eigenvalue weighted by molar-refractivity contribution is 6.36. The molecule has 2 nitrogen and oxygen atoms in total. The fraction of sp³-hybridized carbons (Fsp3) is 0.333. The van der Waals surface area contributed by atoms with Gasteiger partial charge in [0, 0.05) is 16.0 Å². The maximum absolute atomic E-state index is 6.28. The van der Waals surface area contributed by atoms with E-state index in [1.54, 1.807) is 0 Å². The van der Waals surface area contributed by atoms with E-state index in [9.17, 15) is 0 Å². The van der Waals surface area contributed by atoms with Gasteiger partial charge >= 0.3 is 0 Å². The maximum Gasteiger partial charge on any atom is 0.119 e. The quantitative estimate of drug-likeness (QED) is 0.806. The predicted octanol–water partition coefficient (Wildman–Crippen LogP) is 4.99. The summed E-state index contributed by atoms with van der Waals surface area (Å²) in [5, 5.41) is 1.38. The van der Waals surface area contributed by atoms with Gasteiger partial charge in [-0.3, -0.25) is 0 Å². The molecular weight excluding hydrogens is 317 g/mol. The number of ether oxygens (including phenoxy) is 1. The second-order valence-corrected chi connectivity index (χ2v) is 6.10. The lowest BCUT2D eigenvalue weighted by atomic mass is 9.89. The van der Waals surface area contributed by atoms with Gasteiger partial charge in [-0.05, 0) is 67.8 Å². The van der Waals surface area contributed by atoms with Gasteiger partial charge in [0.2, 0.25) is 0 Å². The van der Waals surface area contributed by atoms with Gasteiger partial charge in [0.25, 0.3) is 0 Å². The van der Waals surface area contributed by atoms with E-state index < -0.39 is 0 Å². The van der Waals surface area contributed by atoms with Crippen molar-refractivity contribution < 1.29 is 4.74 Å². The number of hydrogen-bond acceptors (Lipinski definition) is 2. The molecule has 118 valence electrons.